The summed E-state index contributed by atoms with van der Waals surface area (Å²) < 4.78 is 11.0. The molecule has 6 nitrogen and oxygen atoms in total. The normalized spacial score (nSPS) is 10.8. The zero-order chi connectivity index (χ0) is 19.2. The minimum absolute atomic E-state index is 0.415. The van der Waals surface area contributed by atoms with Crippen molar-refractivity contribution in [2.24, 2.45) is 0 Å². The van der Waals surface area contributed by atoms with E-state index >= 15 is 0 Å². The van der Waals surface area contributed by atoms with Crippen molar-refractivity contribution < 1.29 is 9.15 Å². The number of nitrogens with zero attached hydrogens (tertiary/aromatic N) is 3. The van der Waals surface area contributed by atoms with Gasteiger partial charge in [-0.3, -0.25) is 0 Å². The Morgan fingerprint density at radius 1 is 1.22 bits per heavy atom. The van der Waals surface area contributed by atoms with Crippen molar-refractivity contribution in [3.05, 3.63) is 52.7 Å². The fourth-order valence-electron chi connectivity index (χ4n) is 2.63. The molecule has 3 rings (SSSR count). The monoisotopic (exact) mass is 402 g/mol. The fourth-order valence-corrected chi connectivity index (χ4v) is 3.53. The lowest BCUT2D eigenvalue weighted by Gasteiger charge is -2.25. The van der Waals surface area contributed by atoms with E-state index < -0.39 is 0 Å². The number of hydrogen-bond donors (Lipinski definition) is 1. The number of ether oxygens (including phenoxy) is 1. The van der Waals surface area contributed by atoms with E-state index in [4.69, 9.17) is 21.4 Å². The zero-order valence-electron chi connectivity index (χ0n) is 15.6. The molecule has 0 fully saturated rings. The molecule has 0 unspecified atom stereocenters. The van der Waals surface area contributed by atoms with Crippen LogP contribution in [0, 0.1) is 13.8 Å². The largest absolute Gasteiger partial charge is 0.418 e. The Bertz CT molecular complexity index is 873. The molecule has 142 valence electrons. The highest BCUT2D eigenvalue weighted by Crippen LogP contribution is 2.24. The van der Waals surface area contributed by atoms with E-state index in [0.29, 0.717) is 36.6 Å². The van der Waals surface area contributed by atoms with Gasteiger partial charge >= 0.3 is 0 Å². The van der Waals surface area contributed by atoms with E-state index in [2.05, 4.69) is 41.5 Å². The van der Waals surface area contributed by atoms with Crippen LogP contribution in [0.2, 0.25) is 0 Å². The van der Waals surface area contributed by atoms with Crippen molar-refractivity contribution in [1.82, 2.24) is 15.1 Å². The molecular formula is C19H22N4O2S2. The summed E-state index contributed by atoms with van der Waals surface area (Å²) in [7, 11) is 1.67. The van der Waals surface area contributed by atoms with Gasteiger partial charge in [-0.1, -0.05) is 24.3 Å². The molecular weight excluding hydrogens is 380 g/mol. The molecule has 2 heterocycles. The number of rotatable bonds is 7. The predicted molar refractivity (Wildman–Crippen MR) is 112 cm³/mol. The second-order valence-corrected chi connectivity index (χ2v) is 7.42. The van der Waals surface area contributed by atoms with Gasteiger partial charge in [0, 0.05) is 19.3 Å². The van der Waals surface area contributed by atoms with Gasteiger partial charge in [-0.05, 0) is 48.6 Å². The lowest BCUT2D eigenvalue weighted by molar-refractivity contribution is 0.172. The van der Waals surface area contributed by atoms with Crippen LogP contribution in [0.25, 0.3) is 10.8 Å². The van der Waals surface area contributed by atoms with E-state index in [0.717, 1.165) is 21.7 Å². The number of hydrogen-bond acceptors (Lipinski definition) is 6. The first-order chi connectivity index (χ1) is 13.1. The maximum Gasteiger partial charge on any atom is 0.257 e. The summed E-state index contributed by atoms with van der Waals surface area (Å²) in [6.07, 6.45) is 0. The Morgan fingerprint density at radius 3 is 2.67 bits per heavy atom. The molecule has 0 radical (unpaired) electrons. The van der Waals surface area contributed by atoms with E-state index in [1.807, 2.05) is 28.5 Å². The van der Waals surface area contributed by atoms with Crippen molar-refractivity contribution in [3.63, 3.8) is 0 Å². The summed E-state index contributed by atoms with van der Waals surface area (Å²) >= 11 is 7.21. The van der Waals surface area contributed by atoms with Crippen LogP contribution < -0.4 is 5.32 Å². The summed E-state index contributed by atoms with van der Waals surface area (Å²) in [5.74, 6) is 1.04. The van der Waals surface area contributed by atoms with Crippen LogP contribution in [-0.2, 0) is 11.3 Å². The maximum absolute atomic E-state index is 5.80. The second kappa shape index (κ2) is 9.07. The van der Waals surface area contributed by atoms with Crippen molar-refractivity contribution in [1.29, 1.82) is 0 Å². The minimum Gasteiger partial charge on any atom is -0.418 e. The number of para-hydroxylation sites is 1. The molecule has 0 amide bonds. The molecule has 0 saturated carbocycles. The van der Waals surface area contributed by atoms with E-state index in [9.17, 15) is 0 Å². The lowest BCUT2D eigenvalue weighted by Crippen LogP contribution is -2.37. The molecule has 0 saturated heterocycles. The molecule has 0 aliphatic carbocycles. The number of nitrogens with one attached hydrogen (secondary N) is 1. The number of thiophene rings is 1. The van der Waals surface area contributed by atoms with Crippen LogP contribution in [0.5, 0.6) is 0 Å². The minimum atomic E-state index is 0.415. The van der Waals surface area contributed by atoms with Crippen LogP contribution in [0.4, 0.5) is 5.69 Å². The van der Waals surface area contributed by atoms with Crippen molar-refractivity contribution >= 4 is 34.4 Å². The predicted octanol–water partition coefficient (Wildman–Crippen LogP) is 4.26. The average Bonchev–Trinajstić information content (AvgIpc) is 3.33. The van der Waals surface area contributed by atoms with Gasteiger partial charge in [0.05, 0.1) is 18.0 Å². The first kappa shape index (κ1) is 19.5. The molecule has 0 bridgehead atoms. The van der Waals surface area contributed by atoms with Gasteiger partial charge in [-0.25, -0.2) is 0 Å². The van der Waals surface area contributed by atoms with E-state index in [1.165, 1.54) is 0 Å². The summed E-state index contributed by atoms with van der Waals surface area (Å²) in [4.78, 5) is 2.92. The molecule has 3 aromatic rings. The Morgan fingerprint density at radius 2 is 2.00 bits per heavy atom. The molecule has 0 spiro atoms. The van der Waals surface area contributed by atoms with Gasteiger partial charge in [0.25, 0.3) is 5.89 Å². The molecule has 0 aliphatic rings. The molecule has 1 N–H and O–H groups in total. The van der Waals surface area contributed by atoms with Crippen LogP contribution in [-0.4, -0.2) is 40.5 Å². The third-order valence-electron chi connectivity index (χ3n) is 4.09. The van der Waals surface area contributed by atoms with E-state index in [1.54, 1.807) is 18.4 Å². The fraction of sp³-hybridized carbons (Fsp3) is 0.316. The average molecular weight is 403 g/mol. The number of aryl methyl sites for hydroxylation is 2. The molecule has 8 heteroatoms. The molecule has 0 atom stereocenters. The molecule has 0 aliphatic heterocycles. The summed E-state index contributed by atoms with van der Waals surface area (Å²) in [6, 6.07) is 10.1. The summed E-state index contributed by atoms with van der Waals surface area (Å²) in [5, 5.41) is 14.2. The third kappa shape index (κ3) is 4.91. The quantitative estimate of drug-likeness (QED) is 0.592. The Hall–Kier alpha value is -2.29. The zero-order valence-corrected chi connectivity index (χ0v) is 17.2. The van der Waals surface area contributed by atoms with Gasteiger partial charge in [0.15, 0.2) is 5.11 Å². The number of anilines is 1. The van der Waals surface area contributed by atoms with E-state index in [-0.39, 0.29) is 0 Å². The summed E-state index contributed by atoms with van der Waals surface area (Å²) in [5.41, 5.74) is 3.30. The second-order valence-electron chi connectivity index (χ2n) is 6.09. The van der Waals surface area contributed by atoms with Crippen molar-refractivity contribution in [3.8, 4) is 10.8 Å². The molecule has 2 aromatic heterocycles. The highest BCUT2D eigenvalue weighted by molar-refractivity contribution is 7.80. The van der Waals surface area contributed by atoms with Gasteiger partial charge in [-0.15, -0.1) is 21.5 Å². The lowest BCUT2D eigenvalue weighted by atomic mass is 10.1. The first-order valence-electron chi connectivity index (χ1n) is 8.56. The maximum atomic E-state index is 5.80. The van der Waals surface area contributed by atoms with Crippen LogP contribution in [0.15, 0.2) is 40.1 Å². The van der Waals surface area contributed by atoms with Crippen molar-refractivity contribution in [2.45, 2.75) is 20.4 Å². The number of benzene rings is 1. The van der Waals surface area contributed by atoms with Crippen LogP contribution in [0.1, 0.15) is 17.0 Å². The van der Waals surface area contributed by atoms with Crippen molar-refractivity contribution in [2.75, 3.05) is 25.6 Å². The highest BCUT2D eigenvalue weighted by Gasteiger charge is 2.17. The SMILES string of the molecule is COCCN(Cc1nnc(-c2cccs2)o1)C(=S)Nc1c(C)cccc1C. The number of methoxy groups -OCH3 is 1. The third-order valence-corrected chi connectivity index (χ3v) is 5.31. The smallest absolute Gasteiger partial charge is 0.257 e. The highest BCUT2D eigenvalue weighted by atomic mass is 32.1. The Balaban J connectivity index is 1.74. The number of aromatic nitrogens is 2. The Kier molecular flexibility index (Phi) is 6.54. The van der Waals surface area contributed by atoms with Gasteiger partial charge in [0.1, 0.15) is 0 Å². The molecule has 27 heavy (non-hydrogen) atoms. The van der Waals surface area contributed by atoms with Gasteiger partial charge < -0.3 is 19.4 Å². The first-order valence-corrected chi connectivity index (χ1v) is 9.84. The summed E-state index contributed by atoms with van der Waals surface area (Å²) in [6.45, 7) is 5.69. The topological polar surface area (TPSA) is 63.4 Å². The van der Waals surface area contributed by atoms with Crippen LogP contribution in [0.3, 0.4) is 0 Å². The molecule has 1 aromatic carbocycles. The van der Waals surface area contributed by atoms with Gasteiger partial charge in [0.2, 0.25) is 5.89 Å². The standard InChI is InChI=1S/C19H22N4O2S2/c1-13-6-4-7-14(2)17(13)20-19(26)23(9-10-24-3)12-16-21-22-18(25-16)15-8-5-11-27-15/h4-8,11H,9-10,12H2,1-3H3,(H,20,26). The number of thiocarbonyl (C=S) groups is 1. The Labute approximate surface area is 168 Å². The van der Waals surface area contributed by atoms with Gasteiger partial charge in [-0.2, -0.15) is 0 Å². The van der Waals surface area contributed by atoms with Crippen LogP contribution >= 0.6 is 23.6 Å².